The van der Waals surface area contributed by atoms with Gasteiger partial charge in [0.15, 0.2) is 0 Å². The highest BCUT2D eigenvalue weighted by Crippen LogP contribution is 2.21. The number of nitrogens with zero attached hydrogens (tertiary/aromatic N) is 1. The SMILES string of the molecule is COc1cc(CN)ccc1CCN1CCCC1. The molecule has 0 radical (unpaired) electrons. The van der Waals surface area contributed by atoms with Crippen molar-refractivity contribution in [1.82, 2.24) is 4.90 Å². The Morgan fingerprint density at radius 1 is 1.29 bits per heavy atom. The summed E-state index contributed by atoms with van der Waals surface area (Å²) in [5.74, 6) is 0.979. The van der Waals surface area contributed by atoms with E-state index >= 15 is 0 Å². The van der Waals surface area contributed by atoms with E-state index in [1.165, 1.54) is 31.5 Å². The second kappa shape index (κ2) is 6.03. The van der Waals surface area contributed by atoms with Gasteiger partial charge in [-0.05, 0) is 49.5 Å². The molecule has 1 saturated heterocycles. The fraction of sp³-hybridized carbons (Fsp3) is 0.571. The molecule has 1 aliphatic heterocycles. The number of hydrogen-bond acceptors (Lipinski definition) is 3. The molecule has 0 unspecified atom stereocenters. The van der Waals surface area contributed by atoms with Crippen LogP contribution < -0.4 is 10.5 Å². The normalized spacial score (nSPS) is 16.4. The maximum Gasteiger partial charge on any atom is 0.122 e. The van der Waals surface area contributed by atoms with Crippen molar-refractivity contribution in [1.29, 1.82) is 0 Å². The van der Waals surface area contributed by atoms with Crippen LogP contribution >= 0.6 is 0 Å². The maximum atomic E-state index is 5.63. The van der Waals surface area contributed by atoms with Crippen LogP contribution in [0.1, 0.15) is 24.0 Å². The number of rotatable bonds is 5. The zero-order valence-corrected chi connectivity index (χ0v) is 10.6. The number of nitrogens with two attached hydrogens (primary N) is 1. The summed E-state index contributed by atoms with van der Waals surface area (Å²) >= 11 is 0. The standard InChI is InChI=1S/C14H22N2O/c1-17-14-10-12(11-15)4-5-13(14)6-9-16-7-2-3-8-16/h4-5,10H,2-3,6-9,11,15H2,1H3. The first kappa shape index (κ1) is 12.4. The molecule has 0 aromatic heterocycles. The van der Waals surface area contributed by atoms with Gasteiger partial charge in [-0.15, -0.1) is 0 Å². The van der Waals surface area contributed by atoms with Crippen LogP contribution in [0.4, 0.5) is 0 Å². The fourth-order valence-electron chi connectivity index (χ4n) is 2.41. The van der Waals surface area contributed by atoms with Gasteiger partial charge in [-0.25, -0.2) is 0 Å². The zero-order valence-electron chi connectivity index (χ0n) is 10.6. The van der Waals surface area contributed by atoms with E-state index < -0.39 is 0 Å². The molecule has 1 fully saturated rings. The molecule has 0 aliphatic carbocycles. The molecule has 3 heteroatoms. The predicted octanol–water partition coefficient (Wildman–Crippen LogP) is 1.79. The van der Waals surface area contributed by atoms with Gasteiger partial charge in [0, 0.05) is 13.1 Å². The molecule has 0 bridgehead atoms. The molecule has 3 nitrogen and oxygen atoms in total. The smallest absolute Gasteiger partial charge is 0.122 e. The summed E-state index contributed by atoms with van der Waals surface area (Å²) in [4.78, 5) is 2.52. The Kier molecular flexibility index (Phi) is 4.40. The molecule has 94 valence electrons. The van der Waals surface area contributed by atoms with E-state index in [0.29, 0.717) is 6.54 Å². The number of methoxy groups -OCH3 is 1. The van der Waals surface area contributed by atoms with E-state index in [2.05, 4.69) is 23.1 Å². The van der Waals surface area contributed by atoms with Crippen molar-refractivity contribution in [3.8, 4) is 5.75 Å². The summed E-state index contributed by atoms with van der Waals surface area (Å²) in [6.07, 6.45) is 3.76. The van der Waals surface area contributed by atoms with Gasteiger partial charge in [0.25, 0.3) is 0 Å². The van der Waals surface area contributed by atoms with Crippen LogP contribution in [0.3, 0.4) is 0 Å². The molecule has 2 rings (SSSR count). The minimum atomic E-state index is 0.572. The van der Waals surface area contributed by atoms with E-state index in [4.69, 9.17) is 10.5 Å². The Morgan fingerprint density at radius 3 is 2.71 bits per heavy atom. The Bertz CT molecular complexity index is 359. The van der Waals surface area contributed by atoms with Gasteiger partial charge in [-0.2, -0.15) is 0 Å². The quantitative estimate of drug-likeness (QED) is 0.844. The lowest BCUT2D eigenvalue weighted by molar-refractivity contribution is 0.339. The average molecular weight is 234 g/mol. The zero-order chi connectivity index (χ0) is 12.1. The summed E-state index contributed by atoms with van der Waals surface area (Å²) in [6, 6.07) is 6.30. The van der Waals surface area contributed by atoms with E-state index in [1.807, 2.05) is 0 Å². The first-order valence-corrected chi connectivity index (χ1v) is 6.41. The van der Waals surface area contributed by atoms with Crippen molar-refractivity contribution >= 4 is 0 Å². The summed E-state index contributed by atoms with van der Waals surface area (Å²) in [7, 11) is 1.73. The molecule has 0 saturated carbocycles. The highest BCUT2D eigenvalue weighted by molar-refractivity contribution is 5.37. The number of benzene rings is 1. The van der Waals surface area contributed by atoms with Crippen LogP contribution in [-0.2, 0) is 13.0 Å². The van der Waals surface area contributed by atoms with Crippen molar-refractivity contribution in [2.75, 3.05) is 26.7 Å². The largest absolute Gasteiger partial charge is 0.496 e. The Morgan fingerprint density at radius 2 is 2.06 bits per heavy atom. The highest BCUT2D eigenvalue weighted by atomic mass is 16.5. The molecule has 0 spiro atoms. The summed E-state index contributed by atoms with van der Waals surface area (Å²) in [5, 5.41) is 0. The van der Waals surface area contributed by atoms with E-state index in [0.717, 1.165) is 24.3 Å². The Balaban J connectivity index is 1.98. The predicted molar refractivity (Wildman–Crippen MR) is 70.3 cm³/mol. The fourth-order valence-corrected chi connectivity index (χ4v) is 2.41. The third-order valence-electron chi connectivity index (χ3n) is 3.48. The van der Waals surface area contributed by atoms with Crippen LogP contribution in [0.25, 0.3) is 0 Å². The monoisotopic (exact) mass is 234 g/mol. The molecule has 17 heavy (non-hydrogen) atoms. The van der Waals surface area contributed by atoms with Gasteiger partial charge in [-0.3, -0.25) is 0 Å². The molecule has 1 aromatic carbocycles. The molecule has 0 amide bonds. The molecular formula is C14H22N2O. The molecule has 1 heterocycles. The van der Waals surface area contributed by atoms with Gasteiger partial charge in [0.1, 0.15) is 5.75 Å². The molecule has 2 N–H and O–H groups in total. The van der Waals surface area contributed by atoms with Crippen molar-refractivity contribution in [2.24, 2.45) is 5.73 Å². The van der Waals surface area contributed by atoms with Crippen LogP contribution in [0.5, 0.6) is 5.75 Å². The number of hydrogen-bond donors (Lipinski definition) is 1. The Hall–Kier alpha value is -1.06. The summed E-state index contributed by atoms with van der Waals surface area (Å²) in [6.45, 7) is 4.22. The molecular weight excluding hydrogens is 212 g/mol. The van der Waals surface area contributed by atoms with E-state index in [9.17, 15) is 0 Å². The third-order valence-corrected chi connectivity index (χ3v) is 3.48. The van der Waals surface area contributed by atoms with Crippen molar-refractivity contribution in [2.45, 2.75) is 25.8 Å². The van der Waals surface area contributed by atoms with Crippen molar-refractivity contribution in [3.63, 3.8) is 0 Å². The van der Waals surface area contributed by atoms with E-state index in [-0.39, 0.29) is 0 Å². The van der Waals surface area contributed by atoms with Gasteiger partial charge >= 0.3 is 0 Å². The van der Waals surface area contributed by atoms with Crippen LogP contribution in [0.15, 0.2) is 18.2 Å². The lowest BCUT2D eigenvalue weighted by Crippen LogP contribution is -2.22. The lowest BCUT2D eigenvalue weighted by atomic mass is 10.1. The van der Waals surface area contributed by atoms with Gasteiger partial charge in [-0.1, -0.05) is 12.1 Å². The van der Waals surface area contributed by atoms with E-state index in [1.54, 1.807) is 7.11 Å². The molecule has 0 atom stereocenters. The van der Waals surface area contributed by atoms with Crippen LogP contribution in [-0.4, -0.2) is 31.6 Å². The average Bonchev–Trinajstić information content (AvgIpc) is 2.89. The third kappa shape index (κ3) is 3.20. The summed E-state index contributed by atoms with van der Waals surface area (Å²) < 4.78 is 5.43. The van der Waals surface area contributed by atoms with Gasteiger partial charge < -0.3 is 15.4 Å². The second-order valence-electron chi connectivity index (χ2n) is 4.65. The maximum absolute atomic E-state index is 5.63. The molecule has 1 aromatic rings. The minimum Gasteiger partial charge on any atom is -0.496 e. The van der Waals surface area contributed by atoms with Crippen LogP contribution in [0.2, 0.25) is 0 Å². The van der Waals surface area contributed by atoms with Crippen molar-refractivity contribution < 1.29 is 4.74 Å². The number of ether oxygens (including phenoxy) is 1. The van der Waals surface area contributed by atoms with Crippen molar-refractivity contribution in [3.05, 3.63) is 29.3 Å². The first-order chi connectivity index (χ1) is 8.33. The topological polar surface area (TPSA) is 38.5 Å². The first-order valence-electron chi connectivity index (χ1n) is 6.41. The Labute approximate surface area is 104 Å². The van der Waals surface area contributed by atoms with Gasteiger partial charge in [0.2, 0.25) is 0 Å². The summed E-state index contributed by atoms with van der Waals surface area (Å²) in [5.41, 5.74) is 8.05. The molecule has 1 aliphatic rings. The lowest BCUT2D eigenvalue weighted by Gasteiger charge is -2.16. The second-order valence-corrected chi connectivity index (χ2v) is 4.65. The van der Waals surface area contributed by atoms with Crippen LogP contribution in [0, 0.1) is 0 Å². The minimum absolute atomic E-state index is 0.572. The highest BCUT2D eigenvalue weighted by Gasteiger charge is 2.12. The van der Waals surface area contributed by atoms with Gasteiger partial charge in [0.05, 0.1) is 7.11 Å². The number of likely N-dealkylation sites (tertiary alicyclic amines) is 1.